The van der Waals surface area contributed by atoms with Crippen molar-refractivity contribution in [3.05, 3.63) is 0 Å². The molecule has 1 aliphatic rings. The summed E-state index contributed by atoms with van der Waals surface area (Å²) in [4.78, 5) is 12.1. The summed E-state index contributed by atoms with van der Waals surface area (Å²) < 4.78 is 25.2. The number of hydrogen-bond donors (Lipinski definition) is 3. The molecule has 0 aliphatic carbocycles. The number of nitrogens with one attached hydrogen (secondary N) is 3. The van der Waals surface area contributed by atoms with Crippen molar-refractivity contribution in [2.45, 2.75) is 26.7 Å². The Morgan fingerprint density at radius 2 is 2.11 bits per heavy atom. The zero-order chi connectivity index (χ0) is 13.6. The molecule has 7 heteroatoms. The smallest absolute Gasteiger partial charge is 0.227 e. The third-order valence-electron chi connectivity index (χ3n) is 3.42. The van der Waals surface area contributed by atoms with Crippen LogP contribution in [0.4, 0.5) is 0 Å². The van der Waals surface area contributed by atoms with E-state index in [0.29, 0.717) is 13.1 Å². The number of sulfonamides is 1. The predicted octanol–water partition coefficient (Wildman–Crippen LogP) is -0.568. The second-order valence-electron chi connectivity index (χ2n) is 4.63. The maximum Gasteiger partial charge on any atom is 0.227 e. The van der Waals surface area contributed by atoms with E-state index < -0.39 is 10.0 Å². The van der Waals surface area contributed by atoms with Gasteiger partial charge in [0.15, 0.2) is 0 Å². The van der Waals surface area contributed by atoms with Crippen molar-refractivity contribution in [1.82, 2.24) is 15.4 Å². The summed E-state index contributed by atoms with van der Waals surface area (Å²) in [5.74, 6) is -0.110. The Balaban J connectivity index is 2.42. The average Bonchev–Trinajstić information content (AvgIpc) is 2.78. The van der Waals surface area contributed by atoms with Gasteiger partial charge in [0.25, 0.3) is 0 Å². The first-order valence-electron chi connectivity index (χ1n) is 6.42. The molecule has 1 saturated heterocycles. The van der Waals surface area contributed by atoms with Crippen molar-refractivity contribution in [1.29, 1.82) is 0 Å². The highest BCUT2D eigenvalue weighted by Crippen LogP contribution is 2.29. The van der Waals surface area contributed by atoms with Gasteiger partial charge in [0, 0.05) is 19.6 Å². The van der Waals surface area contributed by atoms with E-state index in [-0.39, 0.29) is 23.6 Å². The molecule has 3 N–H and O–H groups in total. The fraction of sp³-hybridized carbons (Fsp3) is 0.909. The number of hydrogen-bond acceptors (Lipinski definition) is 4. The Hall–Kier alpha value is -0.660. The first-order chi connectivity index (χ1) is 8.46. The third-order valence-corrected chi connectivity index (χ3v) is 4.89. The number of amides is 1. The molecule has 1 heterocycles. The zero-order valence-electron chi connectivity index (χ0n) is 11.1. The van der Waals surface area contributed by atoms with Crippen molar-refractivity contribution in [3.8, 4) is 0 Å². The summed E-state index contributed by atoms with van der Waals surface area (Å²) in [6.45, 7) is 5.77. The summed E-state index contributed by atoms with van der Waals surface area (Å²) in [5.41, 5.74) is -0.359. The molecule has 1 aliphatic heterocycles. The minimum absolute atomic E-state index is 0.0401. The lowest BCUT2D eigenvalue weighted by atomic mass is 9.83. The van der Waals surface area contributed by atoms with E-state index in [1.54, 1.807) is 6.92 Å². The van der Waals surface area contributed by atoms with Crippen LogP contribution in [0.5, 0.6) is 0 Å². The molecule has 18 heavy (non-hydrogen) atoms. The van der Waals surface area contributed by atoms with Gasteiger partial charge in [0.2, 0.25) is 15.9 Å². The van der Waals surface area contributed by atoms with Gasteiger partial charge in [-0.3, -0.25) is 4.79 Å². The van der Waals surface area contributed by atoms with E-state index in [4.69, 9.17) is 0 Å². The van der Waals surface area contributed by atoms with Crippen LogP contribution in [0, 0.1) is 5.41 Å². The normalized spacial score (nSPS) is 24.1. The van der Waals surface area contributed by atoms with Gasteiger partial charge < -0.3 is 10.6 Å². The van der Waals surface area contributed by atoms with Gasteiger partial charge in [-0.15, -0.1) is 0 Å². The molecule has 6 nitrogen and oxygen atoms in total. The van der Waals surface area contributed by atoms with E-state index in [0.717, 1.165) is 19.4 Å². The quantitative estimate of drug-likeness (QED) is 0.582. The highest BCUT2D eigenvalue weighted by Gasteiger charge is 2.39. The zero-order valence-corrected chi connectivity index (χ0v) is 11.9. The number of carbonyl (C=O) groups is 1. The minimum atomic E-state index is -3.26. The van der Waals surface area contributed by atoms with Crippen molar-refractivity contribution in [3.63, 3.8) is 0 Å². The SMILES string of the molecule is CCNS(=O)(=O)CCNC(=O)C1(CC)CCNC1. The van der Waals surface area contributed by atoms with Crippen LogP contribution in [0.2, 0.25) is 0 Å². The third kappa shape index (κ3) is 3.93. The summed E-state index contributed by atoms with van der Waals surface area (Å²) in [6, 6.07) is 0. The van der Waals surface area contributed by atoms with Gasteiger partial charge in [-0.25, -0.2) is 13.1 Å². The molecular weight excluding hydrogens is 254 g/mol. The van der Waals surface area contributed by atoms with Crippen LogP contribution in [-0.2, 0) is 14.8 Å². The molecule has 0 saturated carbocycles. The molecular formula is C11H23N3O3S. The summed E-state index contributed by atoms with van der Waals surface area (Å²) in [6.07, 6.45) is 1.58. The van der Waals surface area contributed by atoms with E-state index >= 15 is 0 Å². The summed E-state index contributed by atoms with van der Waals surface area (Å²) in [7, 11) is -3.26. The molecule has 1 fully saturated rings. The number of carbonyl (C=O) groups excluding carboxylic acids is 1. The maximum absolute atomic E-state index is 12.1. The Kier molecular flexibility index (Phi) is 5.55. The molecule has 0 radical (unpaired) electrons. The first-order valence-corrected chi connectivity index (χ1v) is 8.07. The molecule has 0 aromatic rings. The Morgan fingerprint density at radius 3 is 2.61 bits per heavy atom. The minimum Gasteiger partial charge on any atom is -0.355 e. The van der Waals surface area contributed by atoms with Gasteiger partial charge in [-0.1, -0.05) is 13.8 Å². The molecule has 1 atom stereocenters. The highest BCUT2D eigenvalue weighted by molar-refractivity contribution is 7.89. The second-order valence-corrected chi connectivity index (χ2v) is 6.56. The lowest BCUT2D eigenvalue weighted by Gasteiger charge is -2.25. The largest absolute Gasteiger partial charge is 0.355 e. The Labute approximate surface area is 109 Å². The van der Waals surface area contributed by atoms with Crippen LogP contribution in [0.25, 0.3) is 0 Å². The van der Waals surface area contributed by atoms with Crippen molar-refractivity contribution in [2.24, 2.45) is 5.41 Å². The maximum atomic E-state index is 12.1. The molecule has 0 aromatic heterocycles. The number of rotatable bonds is 7. The highest BCUT2D eigenvalue weighted by atomic mass is 32.2. The summed E-state index contributed by atoms with van der Waals surface area (Å²) in [5, 5.41) is 5.91. The monoisotopic (exact) mass is 277 g/mol. The van der Waals surface area contributed by atoms with Gasteiger partial charge in [-0.2, -0.15) is 0 Å². The molecule has 1 rings (SSSR count). The van der Waals surface area contributed by atoms with Gasteiger partial charge in [0.05, 0.1) is 11.2 Å². The van der Waals surface area contributed by atoms with Crippen LogP contribution < -0.4 is 15.4 Å². The predicted molar refractivity (Wildman–Crippen MR) is 70.7 cm³/mol. The van der Waals surface area contributed by atoms with Crippen LogP contribution in [-0.4, -0.2) is 46.3 Å². The van der Waals surface area contributed by atoms with E-state index in [2.05, 4.69) is 15.4 Å². The van der Waals surface area contributed by atoms with Crippen molar-refractivity contribution >= 4 is 15.9 Å². The van der Waals surface area contributed by atoms with Crippen molar-refractivity contribution < 1.29 is 13.2 Å². The van der Waals surface area contributed by atoms with Crippen LogP contribution in [0.3, 0.4) is 0 Å². The molecule has 0 aromatic carbocycles. The summed E-state index contributed by atoms with van der Waals surface area (Å²) >= 11 is 0. The Morgan fingerprint density at radius 1 is 1.39 bits per heavy atom. The van der Waals surface area contributed by atoms with Gasteiger partial charge in [0.1, 0.15) is 0 Å². The molecule has 0 spiro atoms. The standard InChI is InChI=1S/C11H23N3O3S/c1-3-11(5-6-12-9-11)10(15)13-7-8-18(16,17)14-4-2/h12,14H,3-9H2,1-2H3,(H,13,15). The van der Waals surface area contributed by atoms with Crippen LogP contribution in [0.15, 0.2) is 0 Å². The molecule has 0 bridgehead atoms. The van der Waals surface area contributed by atoms with E-state index in [1.165, 1.54) is 0 Å². The van der Waals surface area contributed by atoms with Crippen molar-refractivity contribution in [2.75, 3.05) is 31.9 Å². The van der Waals surface area contributed by atoms with E-state index in [9.17, 15) is 13.2 Å². The fourth-order valence-electron chi connectivity index (χ4n) is 2.18. The molecule has 1 unspecified atom stereocenters. The first kappa shape index (κ1) is 15.4. The second kappa shape index (κ2) is 6.49. The van der Waals surface area contributed by atoms with Crippen LogP contribution >= 0.6 is 0 Å². The average molecular weight is 277 g/mol. The van der Waals surface area contributed by atoms with E-state index in [1.807, 2.05) is 6.92 Å². The lowest BCUT2D eigenvalue weighted by Crippen LogP contribution is -2.44. The fourth-order valence-corrected chi connectivity index (χ4v) is 3.13. The molecule has 106 valence electrons. The van der Waals surface area contributed by atoms with Gasteiger partial charge >= 0.3 is 0 Å². The Bertz CT molecular complexity index is 375. The van der Waals surface area contributed by atoms with Gasteiger partial charge in [-0.05, 0) is 19.4 Å². The lowest BCUT2D eigenvalue weighted by molar-refractivity contribution is -0.130. The molecule has 1 amide bonds. The topological polar surface area (TPSA) is 87.3 Å². The van der Waals surface area contributed by atoms with Crippen LogP contribution in [0.1, 0.15) is 26.7 Å².